The Morgan fingerprint density at radius 2 is 1.68 bits per heavy atom. The van der Waals surface area contributed by atoms with Gasteiger partial charge in [0.1, 0.15) is 0 Å². The van der Waals surface area contributed by atoms with Gasteiger partial charge in [-0.05, 0) is 38.5 Å². The van der Waals surface area contributed by atoms with Crippen molar-refractivity contribution in [3.05, 3.63) is 0 Å². The number of carbonyl (C=O) groups excluding carboxylic acids is 2. The van der Waals surface area contributed by atoms with Crippen LogP contribution in [0.5, 0.6) is 0 Å². The van der Waals surface area contributed by atoms with Gasteiger partial charge in [0.25, 0.3) is 0 Å². The molecule has 142 valence electrons. The first kappa shape index (κ1) is 19.5. The van der Waals surface area contributed by atoms with Crippen LogP contribution in [0.3, 0.4) is 0 Å². The highest BCUT2D eigenvalue weighted by molar-refractivity contribution is 5.80. The topological polar surface area (TPSA) is 108 Å². The molecule has 7 heteroatoms. The van der Waals surface area contributed by atoms with Gasteiger partial charge in [-0.15, -0.1) is 0 Å². The van der Waals surface area contributed by atoms with Gasteiger partial charge in [0, 0.05) is 25.6 Å². The van der Waals surface area contributed by atoms with Crippen LogP contribution in [0.4, 0.5) is 4.79 Å². The van der Waals surface area contributed by atoms with Gasteiger partial charge in [0.15, 0.2) is 0 Å². The van der Waals surface area contributed by atoms with E-state index in [-0.39, 0.29) is 18.5 Å². The molecule has 0 aliphatic heterocycles. The number of aliphatic carboxylic acids is 1. The zero-order valence-electron chi connectivity index (χ0n) is 14.9. The number of nitrogens with one attached hydrogen (secondary N) is 3. The van der Waals surface area contributed by atoms with Crippen molar-refractivity contribution in [2.75, 3.05) is 13.1 Å². The second kappa shape index (κ2) is 9.63. The monoisotopic (exact) mass is 353 g/mol. The molecule has 4 N–H and O–H groups in total. The van der Waals surface area contributed by atoms with Gasteiger partial charge in [-0.2, -0.15) is 0 Å². The Labute approximate surface area is 149 Å². The number of hydrogen-bond acceptors (Lipinski definition) is 3. The normalized spacial score (nSPS) is 19.0. The van der Waals surface area contributed by atoms with Gasteiger partial charge in [0.2, 0.25) is 5.91 Å². The summed E-state index contributed by atoms with van der Waals surface area (Å²) in [7, 11) is 0. The van der Waals surface area contributed by atoms with Crippen LogP contribution in [0, 0.1) is 5.41 Å². The lowest BCUT2D eigenvalue weighted by atomic mass is 9.96. The molecule has 0 spiro atoms. The lowest BCUT2D eigenvalue weighted by Gasteiger charge is -2.22. The molecule has 25 heavy (non-hydrogen) atoms. The predicted octanol–water partition coefficient (Wildman–Crippen LogP) is 2.16. The second-order valence-electron chi connectivity index (χ2n) is 7.41. The van der Waals surface area contributed by atoms with E-state index in [4.69, 9.17) is 5.11 Å². The summed E-state index contributed by atoms with van der Waals surface area (Å²) in [6.07, 6.45) is 9.96. The van der Waals surface area contributed by atoms with Gasteiger partial charge in [-0.3, -0.25) is 9.59 Å². The average Bonchev–Trinajstić information content (AvgIpc) is 3.38. The Kier molecular flexibility index (Phi) is 7.52. The SMILES string of the molecule is O=C(CCCCCNC(=O)NC1CCCCC1)NCC1(C(=O)O)CC1. The summed E-state index contributed by atoms with van der Waals surface area (Å²) in [4.78, 5) is 34.5. The third-order valence-corrected chi connectivity index (χ3v) is 5.24. The summed E-state index contributed by atoms with van der Waals surface area (Å²) in [6.45, 7) is 0.854. The fourth-order valence-corrected chi connectivity index (χ4v) is 3.25. The predicted molar refractivity (Wildman–Crippen MR) is 94.2 cm³/mol. The van der Waals surface area contributed by atoms with E-state index in [1.807, 2.05) is 0 Å². The van der Waals surface area contributed by atoms with Crippen LogP contribution >= 0.6 is 0 Å². The molecule has 2 aliphatic rings. The Hall–Kier alpha value is -1.79. The molecular formula is C18H31N3O4. The molecule has 0 aromatic carbocycles. The Balaban J connectivity index is 1.43. The van der Waals surface area contributed by atoms with Crippen LogP contribution in [-0.4, -0.2) is 42.1 Å². The minimum Gasteiger partial charge on any atom is -0.481 e. The first-order chi connectivity index (χ1) is 12.0. The molecule has 2 aliphatic carbocycles. The maximum Gasteiger partial charge on any atom is 0.315 e. The molecule has 3 amide bonds. The van der Waals surface area contributed by atoms with E-state index < -0.39 is 11.4 Å². The van der Waals surface area contributed by atoms with Gasteiger partial charge in [0.05, 0.1) is 5.41 Å². The van der Waals surface area contributed by atoms with Gasteiger partial charge in [-0.25, -0.2) is 4.79 Å². The number of hydrogen-bond donors (Lipinski definition) is 4. The number of carboxylic acids is 1. The van der Waals surface area contributed by atoms with Gasteiger partial charge < -0.3 is 21.1 Å². The summed E-state index contributed by atoms with van der Waals surface area (Å²) in [6, 6.07) is 0.228. The highest BCUT2D eigenvalue weighted by atomic mass is 16.4. The molecule has 2 saturated carbocycles. The van der Waals surface area contributed by atoms with Crippen molar-refractivity contribution < 1.29 is 19.5 Å². The standard InChI is InChI=1S/C18H31N3O4/c22-15(20-13-18(10-11-18)16(23)24)9-5-2-6-12-19-17(25)21-14-7-3-1-4-8-14/h14H,1-13H2,(H,20,22)(H,23,24)(H2,19,21,25). The first-order valence-electron chi connectivity index (χ1n) is 9.56. The Morgan fingerprint density at radius 1 is 0.960 bits per heavy atom. The fraction of sp³-hybridized carbons (Fsp3) is 0.833. The number of rotatable bonds is 10. The number of amides is 3. The molecule has 0 saturated heterocycles. The molecule has 7 nitrogen and oxygen atoms in total. The van der Waals surface area contributed by atoms with Gasteiger partial charge in [-0.1, -0.05) is 25.7 Å². The van der Waals surface area contributed by atoms with Crippen LogP contribution in [0.1, 0.15) is 70.6 Å². The third kappa shape index (κ3) is 6.92. The van der Waals surface area contributed by atoms with E-state index in [0.717, 1.165) is 32.1 Å². The average molecular weight is 353 g/mol. The fourth-order valence-electron chi connectivity index (χ4n) is 3.25. The third-order valence-electron chi connectivity index (χ3n) is 5.24. The van der Waals surface area contributed by atoms with E-state index in [1.165, 1.54) is 19.3 Å². The molecule has 0 unspecified atom stereocenters. The zero-order chi connectivity index (χ0) is 18.1. The first-order valence-corrected chi connectivity index (χ1v) is 9.56. The van der Waals surface area contributed by atoms with Crippen molar-refractivity contribution >= 4 is 17.9 Å². The molecule has 0 aromatic rings. The van der Waals surface area contributed by atoms with Crippen LogP contribution in [-0.2, 0) is 9.59 Å². The highest BCUT2D eigenvalue weighted by Crippen LogP contribution is 2.45. The Morgan fingerprint density at radius 3 is 2.32 bits per heavy atom. The van der Waals surface area contributed by atoms with Crippen molar-refractivity contribution in [3.63, 3.8) is 0 Å². The lowest BCUT2D eigenvalue weighted by Crippen LogP contribution is -2.43. The van der Waals surface area contributed by atoms with Crippen LogP contribution in [0.2, 0.25) is 0 Å². The molecule has 0 atom stereocenters. The van der Waals surface area contributed by atoms with Crippen LogP contribution in [0.15, 0.2) is 0 Å². The summed E-state index contributed by atoms with van der Waals surface area (Å²) < 4.78 is 0. The molecule has 0 radical (unpaired) electrons. The second-order valence-corrected chi connectivity index (χ2v) is 7.41. The van der Waals surface area contributed by atoms with Crippen molar-refractivity contribution in [1.29, 1.82) is 0 Å². The molecule has 2 fully saturated rings. The summed E-state index contributed by atoms with van der Waals surface area (Å²) >= 11 is 0. The summed E-state index contributed by atoms with van der Waals surface area (Å²) in [5.74, 6) is -0.902. The highest BCUT2D eigenvalue weighted by Gasteiger charge is 2.50. The van der Waals surface area contributed by atoms with Crippen molar-refractivity contribution in [2.45, 2.75) is 76.7 Å². The van der Waals surface area contributed by atoms with Crippen molar-refractivity contribution in [2.24, 2.45) is 5.41 Å². The van der Waals surface area contributed by atoms with E-state index in [9.17, 15) is 14.4 Å². The lowest BCUT2D eigenvalue weighted by molar-refractivity contribution is -0.143. The zero-order valence-corrected chi connectivity index (χ0v) is 14.9. The maximum atomic E-state index is 11.8. The van der Waals surface area contributed by atoms with Crippen LogP contribution in [0.25, 0.3) is 0 Å². The molecule has 2 rings (SSSR count). The minimum absolute atomic E-state index is 0.0875. The molecule has 0 bridgehead atoms. The van der Waals surface area contributed by atoms with E-state index >= 15 is 0 Å². The van der Waals surface area contributed by atoms with Crippen molar-refractivity contribution in [3.8, 4) is 0 Å². The Bertz CT molecular complexity index is 471. The number of urea groups is 1. The van der Waals surface area contributed by atoms with Crippen LogP contribution < -0.4 is 16.0 Å². The minimum atomic E-state index is -0.814. The van der Waals surface area contributed by atoms with E-state index in [2.05, 4.69) is 16.0 Å². The summed E-state index contributed by atoms with van der Waals surface area (Å²) in [5.41, 5.74) is -0.703. The smallest absolute Gasteiger partial charge is 0.315 e. The number of unbranched alkanes of at least 4 members (excludes halogenated alkanes) is 2. The summed E-state index contributed by atoms with van der Waals surface area (Å²) in [5, 5.41) is 17.6. The molecule has 0 heterocycles. The quantitative estimate of drug-likeness (QED) is 0.451. The largest absolute Gasteiger partial charge is 0.481 e. The van der Waals surface area contributed by atoms with E-state index in [0.29, 0.717) is 31.8 Å². The maximum absolute atomic E-state index is 11.8. The molecule has 0 aromatic heterocycles. The van der Waals surface area contributed by atoms with Gasteiger partial charge >= 0.3 is 12.0 Å². The number of carbonyl (C=O) groups is 3. The molecular weight excluding hydrogens is 322 g/mol. The van der Waals surface area contributed by atoms with E-state index in [1.54, 1.807) is 0 Å². The number of carboxylic acid groups (broad SMARTS) is 1. The van der Waals surface area contributed by atoms with Crippen molar-refractivity contribution in [1.82, 2.24) is 16.0 Å².